The molecular weight excluding hydrogens is 321 g/mol. The van der Waals surface area contributed by atoms with Crippen molar-refractivity contribution in [1.29, 1.82) is 0 Å². The number of aromatic nitrogens is 1. The van der Waals surface area contributed by atoms with Crippen molar-refractivity contribution in [2.45, 2.75) is 12.2 Å². The number of halogens is 4. The maximum absolute atomic E-state index is 13.2. The van der Waals surface area contributed by atoms with E-state index in [4.69, 9.17) is 11.6 Å². The molecule has 0 aromatic carbocycles. The standard InChI is InChI=1S/C13H16ClF3N4O/c14-10-7-19-2-1-9(10)12(22)20-8-11(13(15,16)17)21-5-3-18-4-6-21/h1-2,7,11,18H,3-6,8H2,(H,20,22). The molecular formula is C13H16ClF3N4O. The highest BCUT2D eigenvalue weighted by molar-refractivity contribution is 6.33. The van der Waals surface area contributed by atoms with Crippen molar-refractivity contribution in [2.24, 2.45) is 0 Å². The number of amides is 1. The van der Waals surface area contributed by atoms with Crippen LogP contribution < -0.4 is 10.6 Å². The van der Waals surface area contributed by atoms with Crippen LogP contribution in [0.2, 0.25) is 5.02 Å². The number of rotatable bonds is 4. The molecule has 1 unspecified atom stereocenters. The first kappa shape index (κ1) is 17.0. The summed E-state index contributed by atoms with van der Waals surface area (Å²) in [6, 6.07) is -0.343. The quantitative estimate of drug-likeness (QED) is 0.870. The second kappa shape index (κ2) is 7.26. The van der Waals surface area contributed by atoms with Crippen molar-refractivity contribution < 1.29 is 18.0 Å². The lowest BCUT2D eigenvalue weighted by atomic mass is 10.2. The molecule has 0 spiro atoms. The molecule has 0 saturated carbocycles. The van der Waals surface area contributed by atoms with Crippen molar-refractivity contribution in [3.63, 3.8) is 0 Å². The van der Waals surface area contributed by atoms with E-state index in [0.717, 1.165) is 0 Å². The summed E-state index contributed by atoms with van der Waals surface area (Å²) in [6.45, 7) is 1.06. The largest absolute Gasteiger partial charge is 0.405 e. The SMILES string of the molecule is O=C(NCC(N1CCNCC1)C(F)(F)F)c1ccncc1Cl. The van der Waals surface area contributed by atoms with E-state index >= 15 is 0 Å². The number of pyridine rings is 1. The van der Waals surface area contributed by atoms with Crippen LogP contribution in [0.5, 0.6) is 0 Å². The third-order valence-corrected chi connectivity index (χ3v) is 3.74. The van der Waals surface area contributed by atoms with Gasteiger partial charge in [-0.2, -0.15) is 13.2 Å². The van der Waals surface area contributed by atoms with Gasteiger partial charge in [-0.05, 0) is 6.07 Å². The summed E-state index contributed by atoms with van der Waals surface area (Å²) in [7, 11) is 0. The highest BCUT2D eigenvalue weighted by atomic mass is 35.5. The zero-order chi connectivity index (χ0) is 16.2. The summed E-state index contributed by atoms with van der Waals surface area (Å²) < 4.78 is 39.6. The second-order valence-electron chi connectivity index (χ2n) is 4.91. The van der Waals surface area contributed by atoms with Gasteiger partial charge in [-0.25, -0.2) is 0 Å². The van der Waals surface area contributed by atoms with Gasteiger partial charge in [0.05, 0.1) is 10.6 Å². The zero-order valence-electron chi connectivity index (χ0n) is 11.7. The molecule has 122 valence electrons. The summed E-state index contributed by atoms with van der Waals surface area (Å²) >= 11 is 5.81. The third kappa shape index (κ3) is 4.31. The minimum absolute atomic E-state index is 0.103. The molecule has 1 amide bonds. The number of nitrogens with zero attached hydrogens (tertiary/aromatic N) is 2. The van der Waals surface area contributed by atoms with Gasteiger partial charge in [0.2, 0.25) is 0 Å². The number of piperazine rings is 1. The predicted molar refractivity (Wildman–Crippen MR) is 75.9 cm³/mol. The molecule has 1 fully saturated rings. The lowest BCUT2D eigenvalue weighted by molar-refractivity contribution is -0.183. The summed E-state index contributed by atoms with van der Waals surface area (Å²) in [5, 5.41) is 5.41. The molecule has 2 heterocycles. The fourth-order valence-corrected chi connectivity index (χ4v) is 2.49. The smallest absolute Gasteiger partial charge is 0.350 e. The van der Waals surface area contributed by atoms with Crippen LogP contribution >= 0.6 is 11.6 Å². The Morgan fingerprint density at radius 2 is 2.14 bits per heavy atom. The van der Waals surface area contributed by atoms with E-state index in [1.807, 2.05) is 0 Å². The second-order valence-corrected chi connectivity index (χ2v) is 5.32. The summed E-state index contributed by atoms with van der Waals surface area (Å²) in [5.41, 5.74) is 0.109. The van der Waals surface area contributed by atoms with Crippen molar-refractivity contribution in [3.8, 4) is 0 Å². The summed E-state index contributed by atoms with van der Waals surface area (Å²) in [5.74, 6) is -0.642. The lowest BCUT2D eigenvalue weighted by Gasteiger charge is -2.35. The fourth-order valence-electron chi connectivity index (χ4n) is 2.29. The molecule has 2 rings (SSSR count). The van der Waals surface area contributed by atoms with E-state index in [9.17, 15) is 18.0 Å². The van der Waals surface area contributed by atoms with Gasteiger partial charge < -0.3 is 10.6 Å². The highest BCUT2D eigenvalue weighted by Crippen LogP contribution is 2.25. The predicted octanol–water partition coefficient (Wildman–Crippen LogP) is 1.30. The molecule has 2 N–H and O–H groups in total. The van der Waals surface area contributed by atoms with Gasteiger partial charge in [0.25, 0.3) is 5.91 Å². The maximum Gasteiger partial charge on any atom is 0.405 e. The molecule has 0 bridgehead atoms. The van der Waals surface area contributed by atoms with E-state index in [-0.39, 0.29) is 23.7 Å². The third-order valence-electron chi connectivity index (χ3n) is 3.44. The number of alkyl halides is 3. The molecule has 1 atom stereocenters. The normalized spacial score (nSPS) is 18.0. The Morgan fingerprint density at radius 3 is 2.73 bits per heavy atom. The molecule has 1 aromatic heterocycles. The maximum atomic E-state index is 13.2. The summed E-state index contributed by atoms with van der Waals surface area (Å²) in [4.78, 5) is 17.0. The average Bonchev–Trinajstić information content (AvgIpc) is 2.47. The van der Waals surface area contributed by atoms with Crippen molar-refractivity contribution in [1.82, 2.24) is 20.5 Å². The van der Waals surface area contributed by atoms with Gasteiger partial charge >= 0.3 is 6.18 Å². The first-order chi connectivity index (χ1) is 10.4. The Bertz CT molecular complexity index is 520. The van der Waals surface area contributed by atoms with Gasteiger partial charge in [-0.1, -0.05) is 11.6 Å². The molecule has 5 nitrogen and oxygen atoms in total. The van der Waals surface area contributed by atoms with Crippen molar-refractivity contribution >= 4 is 17.5 Å². The first-order valence-electron chi connectivity index (χ1n) is 6.79. The van der Waals surface area contributed by atoms with Crippen LogP contribution in [-0.2, 0) is 0 Å². The van der Waals surface area contributed by atoms with Gasteiger partial charge in [0.1, 0.15) is 6.04 Å². The number of carbonyl (C=O) groups is 1. The van der Waals surface area contributed by atoms with E-state index in [1.54, 1.807) is 0 Å². The molecule has 22 heavy (non-hydrogen) atoms. The van der Waals surface area contributed by atoms with E-state index in [0.29, 0.717) is 13.1 Å². The van der Waals surface area contributed by atoms with Crippen LogP contribution in [0.4, 0.5) is 13.2 Å². The molecule has 0 radical (unpaired) electrons. The molecule has 1 saturated heterocycles. The Morgan fingerprint density at radius 1 is 1.45 bits per heavy atom. The van der Waals surface area contributed by atoms with Gasteiger partial charge in [0.15, 0.2) is 0 Å². The monoisotopic (exact) mass is 336 g/mol. The number of hydrogen-bond donors (Lipinski definition) is 2. The highest BCUT2D eigenvalue weighted by Gasteiger charge is 2.43. The van der Waals surface area contributed by atoms with Gasteiger partial charge in [-0.15, -0.1) is 0 Å². The minimum atomic E-state index is -4.41. The first-order valence-corrected chi connectivity index (χ1v) is 7.16. The number of carbonyl (C=O) groups excluding carboxylic acids is 1. The van der Waals surface area contributed by atoms with E-state index in [2.05, 4.69) is 15.6 Å². The van der Waals surface area contributed by atoms with E-state index in [1.165, 1.54) is 23.4 Å². The molecule has 1 aliphatic heterocycles. The van der Waals surface area contributed by atoms with Crippen LogP contribution in [0.25, 0.3) is 0 Å². The number of hydrogen-bond acceptors (Lipinski definition) is 4. The van der Waals surface area contributed by atoms with Crippen LogP contribution in [0.15, 0.2) is 18.5 Å². The van der Waals surface area contributed by atoms with Crippen molar-refractivity contribution in [3.05, 3.63) is 29.0 Å². The Hall–Kier alpha value is -1.38. The Balaban J connectivity index is 2.02. The molecule has 0 aliphatic carbocycles. The van der Waals surface area contributed by atoms with Crippen LogP contribution in [0.3, 0.4) is 0 Å². The average molecular weight is 337 g/mol. The Labute approximate surface area is 130 Å². The van der Waals surface area contributed by atoms with Crippen LogP contribution in [-0.4, -0.2) is 60.7 Å². The summed E-state index contributed by atoms with van der Waals surface area (Å²) in [6.07, 6.45) is -1.78. The van der Waals surface area contributed by atoms with E-state index < -0.39 is 24.7 Å². The fraction of sp³-hybridized carbons (Fsp3) is 0.538. The molecule has 1 aromatic rings. The molecule has 1 aliphatic rings. The number of nitrogens with one attached hydrogen (secondary N) is 2. The van der Waals surface area contributed by atoms with Gasteiger partial charge in [-0.3, -0.25) is 14.7 Å². The Kier molecular flexibility index (Phi) is 5.60. The van der Waals surface area contributed by atoms with Crippen LogP contribution in [0.1, 0.15) is 10.4 Å². The van der Waals surface area contributed by atoms with Crippen molar-refractivity contribution in [2.75, 3.05) is 32.7 Å². The molecule has 9 heteroatoms. The topological polar surface area (TPSA) is 57.3 Å². The lowest BCUT2D eigenvalue weighted by Crippen LogP contribution is -2.57. The minimum Gasteiger partial charge on any atom is -0.350 e. The van der Waals surface area contributed by atoms with Crippen LogP contribution in [0, 0.1) is 0 Å². The zero-order valence-corrected chi connectivity index (χ0v) is 12.4. The van der Waals surface area contributed by atoms with Gasteiger partial charge in [0, 0.05) is 45.1 Å².